The Kier molecular flexibility index (Phi) is 3.93. The van der Waals surface area contributed by atoms with E-state index in [9.17, 15) is 4.79 Å². The lowest BCUT2D eigenvalue weighted by molar-refractivity contribution is 0.0740. The average molecular weight is 224 g/mol. The molecule has 16 heavy (non-hydrogen) atoms. The molecule has 2 N–H and O–H groups in total. The summed E-state index contributed by atoms with van der Waals surface area (Å²) in [5.41, 5.74) is 6.53. The highest BCUT2D eigenvalue weighted by Gasteiger charge is 2.20. The van der Waals surface area contributed by atoms with E-state index < -0.39 is 0 Å². The van der Waals surface area contributed by atoms with E-state index in [0.717, 1.165) is 6.54 Å². The van der Waals surface area contributed by atoms with E-state index in [4.69, 9.17) is 5.73 Å². The summed E-state index contributed by atoms with van der Waals surface area (Å²) in [5, 5.41) is 4.09. The van der Waals surface area contributed by atoms with Crippen molar-refractivity contribution >= 4 is 11.6 Å². The minimum Gasteiger partial charge on any atom is -0.396 e. The molecule has 0 aliphatic carbocycles. The number of nitrogen functional groups attached to an aromatic ring is 1. The molecule has 5 heteroatoms. The molecule has 0 aliphatic rings. The van der Waals surface area contributed by atoms with Gasteiger partial charge in [-0.05, 0) is 12.8 Å². The third-order valence-electron chi connectivity index (χ3n) is 2.31. The first-order chi connectivity index (χ1) is 7.45. The van der Waals surface area contributed by atoms with Gasteiger partial charge in [-0.3, -0.25) is 9.48 Å². The van der Waals surface area contributed by atoms with Crippen molar-refractivity contribution in [3.63, 3.8) is 0 Å². The van der Waals surface area contributed by atoms with Crippen LogP contribution in [0.4, 0.5) is 5.69 Å². The van der Waals surface area contributed by atoms with E-state index in [1.54, 1.807) is 22.8 Å². The topological polar surface area (TPSA) is 64.2 Å². The van der Waals surface area contributed by atoms with Crippen LogP contribution >= 0.6 is 0 Å². The van der Waals surface area contributed by atoms with E-state index in [1.165, 1.54) is 0 Å². The molecule has 1 aromatic rings. The number of rotatable bonds is 4. The van der Waals surface area contributed by atoms with E-state index in [0.29, 0.717) is 23.8 Å². The van der Waals surface area contributed by atoms with Gasteiger partial charge in [0.25, 0.3) is 5.91 Å². The Morgan fingerprint density at radius 1 is 1.62 bits per heavy atom. The van der Waals surface area contributed by atoms with Crippen LogP contribution in [0.15, 0.2) is 6.20 Å². The fourth-order valence-electron chi connectivity index (χ4n) is 1.62. The van der Waals surface area contributed by atoms with Crippen LogP contribution in [0.2, 0.25) is 0 Å². The van der Waals surface area contributed by atoms with Gasteiger partial charge in [0, 0.05) is 26.3 Å². The Morgan fingerprint density at radius 3 is 2.62 bits per heavy atom. The minimum absolute atomic E-state index is 0.0886. The number of anilines is 1. The summed E-state index contributed by atoms with van der Waals surface area (Å²) in [6.07, 6.45) is 1.65. The molecule has 0 fully saturated rings. The van der Waals surface area contributed by atoms with Gasteiger partial charge in [-0.1, -0.05) is 13.8 Å². The first-order valence-electron chi connectivity index (χ1n) is 5.54. The minimum atomic E-state index is -0.0886. The lowest BCUT2D eigenvalue weighted by Gasteiger charge is -2.22. The molecule has 90 valence electrons. The Hall–Kier alpha value is -1.52. The van der Waals surface area contributed by atoms with Gasteiger partial charge in [0.15, 0.2) is 5.69 Å². The first-order valence-corrected chi connectivity index (χ1v) is 5.54. The molecule has 0 spiro atoms. The van der Waals surface area contributed by atoms with E-state index in [2.05, 4.69) is 18.9 Å². The zero-order chi connectivity index (χ0) is 12.3. The normalized spacial score (nSPS) is 10.8. The van der Waals surface area contributed by atoms with Crippen molar-refractivity contribution in [1.82, 2.24) is 14.7 Å². The standard InChI is InChI=1S/C11H20N4O/c1-5-15(6-8(2)3)11(16)10-9(12)7-14(4)13-10/h7-8H,5-6,12H2,1-4H3. The summed E-state index contributed by atoms with van der Waals surface area (Å²) < 4.78 is 1.56. The molecule has 0 saturated carbocycles. The van der Waals surface area contributed by atoms with Crippen LogP contribution in [0.5, 0.6) is 0 Å². The fourth-order valence-corrected chi connectivity index (χ4v) is 1.62. The van der Waals surface area contributed by atoms with Crippen molar-refractivity contribution in [1.29, 1.82) is 0 Å². The van der Waals surface area contributed by atoms with Gasteiger partial charge in [-0.2, -0.15) is 5.10 Å². The van der Waals surface area contributed by atoms with E-state index >= 15 is 0 Å². The average Bonchev–Trinajstić information content (AvgIpc) is 2.53. The summed E-state index contributed by atoms with van der Waals surface area (Å²) in [7, 11) is 1.76. The number of carbonyl (C=O) groups excluding carboxylic acids is 1. The monoisotopic (exact) mass is 224 g/mol. The number of hydrogen-bond acceptors (Lipinski definition) is 3. The van der Waals surface area contributed by atoms with Crippen LogP contribution in [-0.2, 0) is 7.05 Å². The maximum absolute atomic E-state index is 12.1. The van der Waals surface area contributed by atoms with Gasteiger partial charge in [0.05, 0.1) is 5.69 Å². The summed E-state index contributed by atoms with van der Waals surface area (Å²) >= 11 is 0. The van der Waals surface area contributed by atoms with E-state index in [-0.39, 0.29) is 5.91 Å². The highest BCUT2D eigenvalue weighted by atomic mass is 16.2. The number of carbonyl (C=O) groups is 1. The Labute approximate surface area is 96.2 Å². The van der Waals surface area contributed by atoms with Crippen molar-refractivity contribution in [3.05, 3.63) is 11.9 Å². The predicted octanol–water partition coefficient (Wildman–Crippen LogP) is 1.12. The summed E-state index contributed by atoms with van der Waals surface area (Å²) in [5.74, 6) is 0.350. The summed E-state index contributed by atoms with van der Waals surface area (Å²) in [6.45, 7) is 7.52. The van der Waals surface area contributed by atoms with Crippen molar-refractivity contribution in [3.8, 4) is 0 Å². The number of nitrogens with zero attached hydrogens (tertiary/aromatic N) is 3. The second-order valence-electron chi connectivity index (χ2n) is 4.34. The Bertz CT molecular complexity index is 370. The van der Waals surface area contributed by atoms with Gasteiger partial charge in [0.2, 0.25) is 0 Å². The van der Waals surface area contributed by atoms with Crippen molar-refractivity contribution in [2.45, 2.75) is 20.8 Å². The lowest BCUT2D eigenvalue weighted by Crippen LogP contribution is -2.34. The van der Waals surface area contributed by atoms with E-state index in [1.807, 2.05) is 6.92 Å². The molecule has 0 atom stereocenters. The van der Waals surface area contributed by atoms with Gasteiger partial charge >= 0.3 is 0 Å². The lowest BCUT2D eigenvalue weighted by atomic mass is 10.2. The molecule has 0 aliphatic heterocycles. The smallest absolute Gasteiger partial charge is 0.276 e. The predicted molar refractivity (Wildman–Crippen MR) is 64.0 cm³/mol. The van der Waals surface area contributed by atoms with Crippen molar-refractivity contribution in [2.24, 2.45) is 13.0 Å². The van der Waals surface area contributed by atoms with Crippen LogP contribution in [0.1, 0.15) is 31.3 Å². The molecule has 0 radical (unpaired) electrons. The third-order valence-corrected chi connectivity index (χ3v) is 2.31. The second-order valence-corrected chi connectivity index (χ2v) is 4.34. The fraction of sp³-hybridized carbons (Fsp3) is 0.636. The highest BCUT2D eigenvalue weighted by molar-refractivity contribution is 5.97. The van der Waals surface area contributed by atoms with Crippen LogP contribution in [0, 0.1) is 5.92 Å². The largest absolute Gasteiger partial charge is 0.396 e. The molecule has 1 aromatic heterocycles. The van der Waals surface area contributed by atoms with Crippen LogP contribution in [0.25, 0.3) is 0 Å². The molecular weight excluding hydrogens is 204 g/mol. The first kappa shape index (κ1) is 12.5. The number of amides is 1. The van der Waals surface area contributed by atoms with Crippen LogP contribution in [-0.4, -0.2) is 33.7 Å². The molecule has 0 unspecified atom stereocenters. The maximum Gasteiger partial charge on any atom is 0.276 e. The van der Waals surface area contributed by atoms with Crippen molar-refractivity contribution in [2.75, 3.05) is 18.8 Å². The summed E-state index contributed by atoms with van der Waals surface area (Å²) in [6, 6.07) is 0. The number of hydrogen-bond donors (Lipinski definition) is 1. The number of aryl methyl sites for hydroxylation is 1. The summed E-state index contributed by atoms with van der Waals surface area (Å²) in [4.78, 5) is 13.9. The Balaban J connectivity index is 2.86. The number of aromatic nitrogens is 2. The zero-order valence-electron chi connectivity index (χ0n) is 10.4. The molecular formula is C11H20N4O. The van der Waals surface area contributed by atoms with Gasteiger partial charge in [-0.25, -0.2) is 0 Å². The highest BCUT2D eigenvalue weighted by Crippen LogP contribution is 2.12. The SMILES string of the molecule is CCN(CC(C)C)C(=O)c1nn(C)cc1N. The van der Waals surface area contributed by atoms with Gasteiger partial charge in [-0.15, -0.1) is 0 Å². The van der Waals surface area contributed by atoms with Crippen LogP contribution < -0.4 is 5.73 Å². The third kappa shape index (κ3) is 2.74. The molecule has 1 heterocycles. The molecule has 0 bridgehead atoms. The number of nitrogens with two attached hydrogens (primary N) is 1. The molecule has 0 aromatic carbocycles. The van der Waals surface area contributed by atoms with Crippen molar-refractivity contribution < 1.29 is 4.79 Å². The van der Waals surface area contributed by atoms with Gasteiger partial charge in [0.1, 0.15) is 0 Å². The molecule has 1 rings (SSSR count). The quantitative estimate of drug-likeness (QED) is 0.833. The molecule has 1 amide bonds. The molecule has 0 saturated heterocycles. The zero-order valence-corrected chi connectivity index (χ0v) is 10.4. The van der Waals surface area contributed by atoms with Crippen LogP contribution in [0.3, 0.4) is 0 Å². The Morgan fingerprint density at radius 2 is 2.25 bits per heavy atom. The maximum atomic E-state index is 12.1. The second kappa shape index (κ2) is 5.01. The molecule has 5 nitrogen and oxygen atoms in total. The van der Waals surface area contributed by atoms with Gasteiger partial charge < -0.3 is 10.6 Å².